The summed E-state index contributed by atoms with van der Waals surface area (Å²) >= 11 is 12.3. The fourth-order valence-electron chi connectivity index (χ4n) is 2.03. The maximum absolute atomic E-state index is 6.14. The van der Waals surface area contributed by atoms with Crippen LogP contribution in [0, 0.1) is 0 Å². The molecule has 0 aliphatic rings. The van der Waals surface area contributed by atoms with E-state index in [0.29, 0.717) is 22.4 Å². The summed E-state index contributed by atoms with van der Waals surface area (Å²) in [6, 6.07) is 11.2. The van der Waals surface area contributed by atoms with Crippen LogP contribution in [0.4, 0.5) is 0 Å². The van der Waals surface area contributed by atoms with Gasteiger partial charge in [-0.25, -0.2) is 0 Å². The Hall–Kier alpha value is -2.10. The molecule has 0 atom stereocenters. The Morgan fingerprint density at radius 2 is 1.59 bits per heavy atom. The van der Waals surface area contributed by atoms with E-state index in [1.165, 1.54) is 0 Å². The topological polar surface area (TPSA) is 35.0 Å². The van der Waals surface area contributed by atoms with Crippen LogP contribution in [0.3, 0.4) is 0 Å². The molecule has 0 aliphatic carbocycles. The number of halogens is 2. The Kier molecular flexibility index (Phi) is 4.56. The van der Waals surface area contributed by atoms with E-state index in [-0.39, 0.29) is 0 Å². The van der Waals surface area contributed by atoms with Gasteiger partial charge in [-0.2, -0.15) is 0 Å². The van der Waals surface area contributed by atoms with Crippen LogP contribution in [0.5, 0.6) is 5.75 Å². The lowest BCUT2D eigenvalue weighted by molar-refractivity contribution is 0.305. The van der Waals surface area contributed by atoms with Gasteiger partial charge in [0.15, 0.2) is 0 Å². The van der Waals surface area contributed by atoms with Crippen LogP contribution in [0.1, 0.15) is 5.56 Å². The SMILES string of the molecule is Clc1cccc(Cl)c1COc1cncc(-c2ccncc2)c1. The minimum atomic E-state index is 0.292. The Bertz CT molecular complexity index is 758. The lowest BCUT2D eigenvalue weighted by atomic mass is 10.1. The summed E-state index contributed by atoms with van der Waals surface area (Å²) in [4.78, 5) is 8.21. The summed E-state index contributed by atoms with van der Waals surface area (Å²) in [5.41, 5.74) is 2.76. The molecule has 2 aromatic heterocycles. The molecule has 3 rings (SSSR count). The zero-order chi connectivity index (χ0) is 15.4. The molecule has 0 radical (unpaired) electrons. The zero-order valence-corrected chi connectivity index (χ0v) is 13.1. The Labute approximate surface area is 138 Å². The molecule has 1 aromatic carbocycles. The van der Waals surface area contributed by atoms with Gasteiger partial charge in [-0.3, -0.25) is 9.97 Å². The highest BCUT2D eigenvalue weighted by atomic mass is 35.5. The highest BCUT2D eigenvalue weighted by molar-refractivity contribution is 6.35. The smallest absolute Gasteiger partial charge is 0.138 e. The lowest BCUT2D eigenvalue weighted by Gasteiger charge is -2.10. The summed E-state index contributed by atoms with van der Waals surface area (Å²) in [5, 5.41) is 1.18. The first kappa shape index (κ1) is 14.8. The van der Waals surface area contributed by atoms with Crippen molar-refractivity contribution < 1.29 is 4.74 Å². The molecule has 0 bridgehead atoms. The molecule has 0 amide bonds. The van der Waals surface area contributed by atoms with E-state index in [1.807, 2.05) is 18.2 Å². The van der Waals surface area contributed by atoms with Gasteiger partial charge in [-0.1, -0.05) is 29.3 Å². The normalized spacial score (nSPS) is 10.5. The fraction of sp³-hybridized carbons (Fsp3) is 0.0588. The van der Waals surface area contributed by atoms with Crippen LogP contribution in [0.25, 0.3) is 11.1 Å². The van der Waals surface area contributed by atoms with Gasteiger partial charge in [0.05, 0.1) is 6.20 Å². The van der Waals surface area contributed by atoms with Gasteiger partial charge in [0, 0.05) is 39.8 Å². The van der Waals surface area contributed by atoms with Crippen LogP contribution < -0.4 is 4.74 Å². The highest BCUT2D eigenvalue weighted by Crippen LogP contribution is 2.27. The van der Waals surface area contributed by atoms with Crippen molar-refractivity contribution in [1.82, 2.24) is 9.97 Å². The number of ether oxygens (including phenoxy) is 1. The maximum Gasteiger partial charge on any atom is 0.138 e. The Morgan fingerprint density at radius 3 is 2.32 bits per heavy atom. The van der Waals surface area contributed by atoms with Crippen LogP contribution >= 0.6 is 23.2 Å². The average Bonchev–Trinajstić information content (AvgIpc) is 2.55. The number of benzene rings is 1. The minimum absolute atomic E-state index is 0.292. The van der Waals surface area contributed by atoms with Crippen LogP contribution in [-0.2, 0) is 6.61 Å². The monoisotopic (exact) mass is 330 g/mol. The zero-order valence-electron chi connectivity index (χ0n) is 11.5. The van der Waals surface area contributed by atoms with Crippen molar-refractivity contribution in [2.75, 3.05) is 0 Å². The first-order valence-corrected chi connectivity index (χ1v) is 7.41. The molecule has 5 heteroatoms. The maximum atomic E-state index is 6.14. The van der Waals surface area contributed by atoms with E-state index in [9.17, 15) is 0 Å². The van der Waals surface area contributed by atoms with Crippen molar-refractivity contribution in [3.63, 3.8) is 0 Å². The second-order valence-corrected chi connectivity index (χ2v) is 5.45. The number of hydrogen-bond donors (Lipinski definition) is 0. The largest absolute Gasteiger partial charge is 0.487 e. The molecular formula is C17H12Cl2N2O. The second kappa shape index (κ2) is 6.77. The first-order valence-electron chi connectivity index (χ1n) is 6.65. The number of pyridine rings is 2. The van der Waals surface area contributed by atoms with Crippen LogP contribution in [0.15, 0.2) is 61.2 Å². The summed E-state index contributed by atoms with van der Waals surface area (Å²) < 4.78 is 5.77. The van der Waals surface area contributed by atoms with Crippen LogP contribution in [0.2, 0.25) is 10.0 Å². The fourth-order valence-corrected chi connectivity index (χ4v) is 2.53. The quantitative estimate of drug-likeness (QED) is 0.672. The molecule has 0 saturated carbocycles. The van der Waals surface area contributed by atoms with Crippen molar-refractivity contribution in [3.8, 4) is 16.9 Å². The van der Waals surface area contributed by atoms with E-state index in [1.54, 1.807) is 43.0 Å². The number of rotatable bonds is 4. The third-order valence-corrected chi connectivity index (χ3v) is 3.88. The molecule has 0 spiro atoms. The van der Waals surface area contributed by atoms with E-state index >= 15 is 0 Å². The number of nitrogens with zero attached hydrogens (tertiary/aromatic N) is 2. The predicted molar refractivity (Wildman–Crippen MR) is 88.3 cm³/mol. The molecular weight excluding hydrogens is 319 g/mol. The van der Waals surface area contributed by atoms with Gasteiger partial charge in [-0.05, 0) is 35.9 Å². The van der Waals surface area contributed by atoms with Gasteiger partial charge >= 0.3 is 0 Å². The molecule has 0 fully saturated rings. The molecule has 0 N–H and O–H groups in total. The highest BCUT2D eigenvalue weighted by Gasteiger charge is 2.07. The van der Waals surface area contributed by atoms with Crippen molar-refractivity contribution in [1.29, 1.82) is 0 Å². The van der Waals surface area contributed by atoms with E-state index in [0.717, 1.165) is 16.7 Å². The minimum Gasteiger partial charge on any atom is -0.487 e. The molecule has 3 aromatic rings. The second-order valence-electron chi connectivity index (χ2n) is 4.63. The summed E-state index contributed by atoms with van der Waals surface area (Å²) in [7, 11) is 0. The van der Waals surface area contributed by atoms with Crippen molar-refractivity contribution in [2.45, 2.75) is 6.61 Å². The summed E-state index contributed by atoms with van der Waals surface area (Å²) in [5.74, 6) is 0.658. The van der Waals surface area contributed by atoms with Crippen molar-refractivity contribution >= 4 is 23.2 Å². The first-order chi connectivity index (χ1) is 10.7. The number of aromatic nitrogens is 2. The van der Waals surface area contributed by atoms with E-state index in [2.05, 4.69) is 9.97 Å². The van der Waals surface area contributed by atoms with E-state index in [4.69, 9.17) is 27.9 Å². The van der Waals surface area contributed by atoms with Crippen molar-refractivity contribution in [2.24, 2.45) is 0 Å². The van der Waals surface area contributed by atoms with Gasteiger partial charge in [-0.15, -0.1) is 0 Å². The lowest BCUT2D eigenvalue weighted by Crippen LogP contribution is -1.98. The molecule has 0 unspecified atom stereocenters. The molecule has 110 valence electrons. The Morgan fingerprint density at radius 1 is 0.864 bits per heavy atom. The summed E-state index contributed by atoms with van der Waals surface area (Å²) in [6.07, 6.45) is 6.93. The molecule has 0 saturated heterocycles. The standard InChI is InChI=1S/C17H12Cl2N2O/c18-16-2-1-3-17(19)15(16)11-22-14-8-13(9-21-10-14)12-4-6-20-7-5-12/h1-10H,11H2. The number of hydrogen-bond acceptors (Lipinski definition) is 3. The molecule has 22 heavy (non-hydrogen) atoms. The van der Waals surface area contributed by atoms with Gasteiger partial charge < -0.3 is 4.74 Å². The van der Waals surface area contributed by atoms with Gasteiger partial charge in [0.2, 0.25) is 0 Å². The molecule has 0 aliphatic heterocycles. The molecule has 3 nitrogen and oxygen atoms in total. The average molecular weight is 331 g/mol. The summed E-state index contributed by atoms with van der Waals surface area (Å²) in [6.45, 7) is 0.292. The third kappa shape index (κ3) is 3.38. The van der Waals surface area contributed by atoms with Gasteiger partial charge in [0.1, 0.15) is 12.4 Å². The van der Waals surface area contributed by atoms with E-state index < -0.39 is 0 Å². The van der Waals surface area contributed by atoms with Gasteiger partial charge in [0.25, 0.3) is 0 Å². The van der Waals surface area contributed by atoms with Crippen molar-refractivity contribution in [3.05, 3.63) is 76.8 Å². The van der Waals surface area contributed by atoms with Crippen LogP contribution in [-0.4, -0.2) is 9.97 Å². The molecule has 2 heterocycles. The Balaban J connectivity index is 1.79. The predicted octanol–water partition coefficient (Wildman–Crippen LogP) is 5.03. The third-order valence-electron chi connectivity index (χ3n) is 3.17.